The van der Waals surface area contributed by atoms with Crippen molar-refractivity contribution in [3.63, 3.8) is 0 Å². The fraction of sp³-hybridized carbons (Fsp3) is 0.357. The Morgan fingerprint density at radius 3 is 2.53 bits per heavy atom. The molecule has 1 aromatic carbocycles. The van der Waals surface area contributed by atoms with Crippen LogP contribution in [-0.2, 0) is 13.0 Å². The molecule has 0 bridgehead atoms. The summed E-state index contributed by atoms with van der Waals surface area (Å²) in [4.78, 5) is 4.69. The fourth-order valence-corrected chi connectivity index (χ4v) is 2.74. The fourth-order valence-electron chi connectivity index (χ4n) is 2.11. The summed E-state index contributed by atoms with van der Waals surface area (Å²) in [5.74, 6) is 1.81. The molecule has 0 unspecified atom stereocenters. The quantitative estimate of drug-likeness (QED) is 0.832. The first kappa shape index (κ1) is 14.6. The van der Waals surface area contributed by atoms with Crippen molar-refractivity contribution < 1.29 is 0 Å². The molecule has 0 aliphatic heterocycles. The van der Waals surface area contributed by atoms with Crippen molar-refractivity contribution in [1.29, 1.82) is 0 Å². The molecule has 1 aromatic heterocycles. The van der Waals surface area contributed by atoms with Gasteiger partial charge in [-0.1, -0.05) is 19.9 Å². The van der Waals surface area contributed by atoms with Crippen molar-refractivity contribution in [2.45, 2.75) is 33.2 Å². The van der Waals surface area contributed by atoms with E-state index in [9.17, 15) is 0 Å². The zero-order chi connectivity index (χ0) is 14.0. The number of hydrogen-bond acceptors (Lipinski definition) is 2. The molecule has 0 amide bonds. The van der Waals surface area contributed by atoms with Gasteiger partial charge in [0.1, 0.15) is 17.3 Å². The summed E-state index contributed by atoms with van der Waals surface area (Å²) in [5, 5.41) is 0. The van der Waals surface area contributed by atoms with Gasteiger partial charge in [0, 0.05) is 27.5 Å². The van der Waals surface area contributed by atoms with E-state index in [-0.39, 0.29) is 0 Å². The number of nitrogens with zero attached hydrogens (tertiary/aromatic N) is 2. The lowest BCUT2D eigenvalue weighted by Crippen LogP contribution is -2.06. The average molecular weight is 387 g/mol. The van der Waals surface area contributed by atoms with Gasteiger partial charge in [-0.15, -0.1) is 0 Å². The molecule has 0 saturated heterocycles. The van der Waals surface area contributed by atoms with E-state index in [1.54, 1.807) is 0 Å². The van der Waals surface area contributed by atoms with Gasteiger partial charge in [-0.3, -0.25) is 0 Å². The Bertz CT molecular complexity index is 591. The Balaban J connectivity index is 2.52. The van der Waals surface area contributed by atoms with Gasteiger partial charge < -0.3 is 10.3 Å². The zero-order valence-electron chi connectivity index (χ0n) is 11.1. The normalized spacial score (nSPS) is 10.9. The van der Waals surface area contributed by atoms with Gasteiger partial charge in [0.05, 0.1) is 0 Å². The zero-order valence-corrected chi connectivity index (χ0v) is 14.3. The van der Waals surface area contributed by atoms with E-state index in [0.717, 1.165) is 51.2 Å². The largest absolute Gasteiger partial charge is 0.383 e. The Hall–Kier alpha value is -0.810. The molecule has 0 fully saturated rings. The Labute approximate surface area is 130 Å². The average Bonchev–Trinajstić information content (AvgIpc) is 2.71. The standard InChI is InChI=1S/C14H17Br2N3/c1-3-7-19-12(4-2)18-13(14(19)17)9-5-6-10(15)11(16)8-9/h5-6,8H,3-4,7,17H2,1-2H3. The minimum absolute atomic E-state index is 0.757. The number of halogens is 2. The predicted molar refractivity (Wildman–Crippen MR) is 87.1 cm³/mol. The summed E-state index contributed by atoms with van der Waals surface area (Å²) in [5.41, 5.74) is 8.17. The van der Waals surface area contributed by atoms with E-state index in [0.29, 0.717) is 0 Å². The number of hydrogen-bond donors (Lipinski definition) is 1. The van der Waals surface area contributed by atoms with E-state index in [1.165, 1.54) is 0 Å². The van der Waals surface area contributed by atoms with Crippen molar-refractivity contribution in [3.05, 3.63) is 33.0 Å². The SMILES string of the molecule is CCCn1c(CC)nc(-c2ccc(Br)c(Br)c2)c1N. The molecule has 2 N–H and O–H groups in total. The second-order valence-corrected chi connectivity index (χ2v) is 6.10. The van der Waals surface area contributed by atoms with Gasteiger partial charge in [0.2, 0.25) is 0 Å². The highest BCUT2D eigenvalue weighted by molar-refractivity contribution is 9.13. The highest BCUT2D eigenvalue weighted by atomic mass is 79.9. The van der Waals surface area contributed by atoms with Gasteiger partial charge in [-0.25, -0.2) is 4.98 Å². The number of rotatable bonds is 4. The maximum absolute atomic E-state index is 6.26. The first-order valence-corrected chi connectivity index (χ1v) is 7.97. The molecule has 0 spiro atoms. The van der Waals surface area contributed by atoms with Crippen LogP contribution in [0.5, 0.6) is 0 Å². The molecule has 2 rings (SSSR count). The van der Waals surface area contributed by atoms with E-state index in [2.05, 4.69) is 55.3 Å². The molecule has 0 atom stereocenters. The van der Waals surface area contributed by atoms with Gasteiger partial charge in [-0.05, 0) is 50.4 Å². The van der Waals surface area contributed by atoms with Crippen LogP contribution >= 0.6 is 31.9 Å². The summed E-state index contributed by atoms with van der Waals surface area (Å²) in [6.07, 6.45) is 1.94. The number of aryl methyl sites for hydroxylation is 1. The third-order valence-electron chi connectivity index (χ3n) is 3.04. The van der Waals surface area contributed by atoms with E-state index in [4.69, 9.17) is 5.73 Å². The van der Waals surface area contributed by atoms with Crippen molar-refractivity contribution in [2.24, 2.45) is 0 Å². The molecule has 102 valence electrons. The van der Waals surface area contributed by atoms with Gasteiger partial charge in [0.25, 0.3) is 0 Å². The van der Waals surface area contributed by atoms with Crippen LogP contribution in [0.4, 0.5) is 5.82 Å². The van der Waals surface area contributed by atoms with Crippen molar-refractivity contribution in [1.82, 2.24) is 9.55 Å². The first-order chi connectivity index (χ1) is 9.08. The minimum Gasteiger partial charge on any atom is -0.383 e. The van der Waals surface area contributed by atoms with Gasteiger partial charge in [-0.2, -0.15) is 0 Å². The lowest BCUT2D eigenvalue weighted by Gasteiger charge is -2.07. The van der Waals surface area contributed by atoms with Crippen LogP contribution in [0.15, 0.2) is 27.1 Å². The number of nitrogen functional groups attached to an aromatic ring is 1. The molecule has 0 saturated carbocycles. The summed E-state index contributed by atoms with van der Waals surface area (Å²) >= 11 is 6.99. The number of benzene rings is 1. The Morgan fingerprint density at radius 1 is 1.21 bits per heavy atom. The number of imidazole rings is 1. The van der Waals surface area contributed by atoms with E-state index < -0.39 is 0 Å². The van der Waals surface area contributed by atoms with Crippen LogP contribution in [0.25, 0.3) is 11.3 Å². The highest BCUT2D eigenvalue weighted by Gasteiger charge is 2.15. The number of aromatic nitrogens is 2. The minimum atomic E-state index is 0.757. The van der Waals surface area contributed by atoms with Crippen molar-refractivity contribution in [3.8, 4) is 11.3 Å². The van der Waals surface area contributed by atoms with Crippen LogP contribution < -0.4 is 5.73 Å². The van der Waals surface area contributed by atoms with Crippen LogP contribution in [0, 0.1) is 0 Å². The molecule has 3 nitrogen and oxygen atoms in total. The monoisotopic (exact) mass is 385 g/mol. The highest BCUT2D eigenvalue weighted by Crippen LogP contribution is 2.32. The first-order valence-electron chi connectivity index (χ1n) is 6.38. The topological polar surface area (TPSA) is 43.8 Å². The maximum atomic E-state index is 6.26. The summed E-state index contributed by atoms with van der Waals surface area (Å²) in [7, 11) is 0. The Morgan fingerprint density at radius 2 is 1.95 bits per heavy atom. The third-order valence-corrected chi connectivity index (χ3v) is 4.92. The van der Waals surface area contributed by atoms with Crippen molar-refractivity contribution in [2.75, 3.05) is 5.73 Å². The van der Waals surface area contributed by atoms with Crippen LogP contribution in [-0.4, -0.2) is 9.55 Å². The molecular weight excluding hydrogens is 370 g/mol. The van der Waals surface area contributed by atoms with Gasteiger partial charge >= 0.3 is 0 Å². The van der Waals surface area contributed by atoms with Crippen LogP contribution in [0.2, 0.25) is 0 Å². The second kappa shape index (κ2) is 6.09. The third kappa shape index (κ3) is 2.87. The van der Waals surface area contributed by atoms with Crippen LogP contribution in [0.1, 0.15) is 26.1 Å². The Kier molecular flexibility index (Phi) is 4.68. The summed E-state index contributed by atoms with van der Waals surface area (Å²) in [6, 6.07) is 6.07. The lowest BCUT2D eigenvalue weighted by atomic mass is 10.1. The van der Waals surface area contributed by atoms with E-state index >= 15 is 0 Å². The summed E-state index contributed by atoms with van der Waals surface area (Å²) < 4.78 is 4.15. The van der Waals surface area contributed by atoms with Crippen molar-refractivity contribution >= 4 is 37.7 Å². The van der Waals surface area contributed by atoms with Crippen LogP contribution in [0.3, 0.4) is 0 Å². The second-order valence-electron chi connectivity index (χ2n) is 4.40. The molecule has 0 radical (unpaired) electrons. The lowest BCUT2D eigenvalue weighted by molar-refractivity contribution is 0.650. The smallest absolute Gasteiger partial charge is 0.131 e. The molecular formula is C14H17Br2N3. The van der Waals surface area contributed by atoms with Gasteiger partial charge in [0.15, 0.2) is 0 Å². The maximum Gasteiger partial charge on any atom is 0.131 e. The predicted octanol–water partition coefficient (Wildman–Crippen LogP) is 4.63. The molecule has 0 aliphatic carbocycles. The number of anilines is 1. The molecule has 0 aliphatic rings. The molecule has 19 heavy (non-hydrogen) atoms. The molecule has 1 heterocycles. The molecule has 2 aromatic rings. The van der Waals surface area contributed by atoms with E-state index in [1.807, 2.05) is 18.2 Å². The molecule has 5 heteroatoms. The summed E-state index contributed by atoms with van der Waals surface area (Å²) in [6.45, 7) is 5.17. The number of nitrogens with two attached hydrogens (primary N) is 1.